The predicted molar refractivity (Wildman–Crippen MR) is 116 cm³/mol. The van der Waals surface area contributed by atoms with E-state index in [0.29, 0.717) is 28.2 Å². The average Bonchev–Trinajstić information content (AvgIpc) is 3.28. The van der Waals surface area contributed by atoms with Gasteiger partial charge in [0.05, 0.1) is 10.6 Å². The van der Waals surface area contributed by atoms with Crippen molar-refractivity contribution in [1.29, 1.82) is 0 Å². The maximum Gasteiger partial charge on any atom is 0.272 e. The molecule has 0 unspecified atom stereocenters. The van der Waals surface area contributed by atoms with Crippen LogP contribution in [0.2, 0.25) is 0 Å². The molecule has 0 saturated heterocycles. The number of carbonyl (C=O) groups excluding carboxylic acids is 1. The summed E-state index contributed by atoms with van der Waals surface area (Å²) in [5.74, 6) is -0.375. The summed E-state index contributed by atoms with van der Waals surface area (Å²) in [6.45, 7) is 0. The second kappa shape index (κ2) is 8.39. The van der Waals surface area contributed by atoms with Crippen LogP contribution in [0.3, 0.4) is 0 Å². The van der Waals surface area contributed by atoms with Crippen LogP contribution in [-0.4, -0.2) is 16.1 Å². The first-order chi connectivity index (χ1) is 14.5. The fourth-order valence-electron chi connectivity index (χ4n) is 3.23. The summed E-state index contributed by atoms with van der Waals surface area (Å²) in [5.41, 5.74) is 2.73. The van der Waals surface area contributed by atoms with Crippen molar-refractivity contribution >= 4 is 28.6 Å². The van der Waals surface area contributed by atoms with E-state index >= 15 is 0 Å². The zero-order valence-electron chi connectivity index (χ0n) is 15.8. The van der Waals surface area contributed by atoms with Crippen LogP contribution in [-0.2, 0) is 6.42 Å². The minimum absolute atomic E-state index is 0.0742. The highest BCUT2D eigenvalue weighted by Gasteiger charge is 2.23. The van der Waals surface area contributed by atoms with Crippen LogP contribution in [0.1, 0.15) is 20.8 Å². The Hall–Kier alpha value is -3.64. The molecule has 1 heterocycles. The second-order valence-electron chi connectivity index (χ2n) is 6.75. The van der Waals surface area contributed by atoms with Crippen LogP contribution in [0.15, 0.2) is 84.2 Å². The van der Waals surface area contributed by atoms with E-state index in [4.69, 9.17) is 0 Å². The molecule has 4 rings (SSSR count). The van der Waals surface area contributed by atoms with E-state index in [0.717, 1.165) is 5.56 Å². The first kappa shape index (κ1) is 19.7. The standard InChI is InChI=1S/C24H18FNO3S/c25-18-5-3-16(4-6-18)14-17-15-21(28)11-12-22(17)26(19-7-9-20(27)10-8-19)24(29)23-2-1-13-30-23/h1-13,15,27-28H,14H2. The van der Waals surface area contributed by atoms with Gasteiger partial charge in [-0.1, -0.05) is 18.2 Å². The van der Waals surface area contributed by atoms with E-state index in [1.807, 2.05) is 11.4 Å². The molecule has 2 N–H and O–H groups in total. The van der Waals surface area contributed by atoms with Gasteiger partial charge in [0.15, 0.2) is 0 Å². The van der Waals surface area contributed by atoms with E-state index in [2.05, 4.69) is 0 Å². The molecule has 1 amide bonds. The number of hydrogen-bond donors (Lipinski definition) is 2. The molecule has 4 aromatic rings. The molecule has 150 valence electrons. The van der Waals surface area contributed by atoms with Gasteiger partial charge in [-0.2, -0.15) is 0 Å². The highest BCUT2D eigenvalue weighted by atomic mass is 32.1. The Morgan fingerprint density at radius 3 is 2.27 bits per heavy atom. The third kappa shape index (κ3) is 4.18. The maximum atomic E-state index is 13.4. The van der Waals surface area contributed by atoms with Crippen LogP contribution in [0.5, 0.6) is 11.5 Å². The molecule has 4 nitrogen and oxygen atoms in total. The lowest BCUT2D eigenvalue weighted by Crippen LogP contribution is -2.26. The third-order valence-electron chi connectivity index (χ3n) is 4.65. The third-order valence-corrected chi connectivity index (χ3v) is 5.51. The number of halogens is 1. The molecule has 0 fully saturated rings. The van der Waals surface area contributed by atoms with Gasteiger partial charge in [-0.15, -0.1) is 11.3 Å². The minimum Gasteiger partial charge on any atom is -0.508 e. The van der Waals surface area contributed by atoms with Gasteiger partial charge in [-0.3, -0.25) is 9.69 Å². The molecule has 30 heavy (non-hydrogen) atoms. The first-order valence-electron chi connectivity index (χ1n) is 9.24. The van der Waals surface area contributed by atoms with Gasteiger partial charge in [0.1, 0.15) is 17.3 Å². The predicted octanol–water partition coefficient (Wildman–Crippen LogP) is 5.87. The van der Waals surface area contributed by atoms with Crippen molar-refractivity contribution in [2.45, 2.75) is 6.42 Å². The molecule has 1 aromatic heterocycles. The quantitative estimate of drug-likeness (QED) is 0.425. The molecular weight excluding hydrogens is 401 g/mol. The van der Waals surface area contributed by atoms with Crippen molar-refractivity contribution in [3.8, 4) is 11.5 Å². The van der Waals surface area contributed by atoms with E-state index in [1.165, 1.54) is 41.7 Å². The average molecular weight is 419 g/mol. The van der Waals surface area contributed by atoms with Gasteiger partial charge in [-0.25, -0.2) is 4.39 Å². The van der Waals surface area contributed by atoms with Gasteiger partial charge in [-0.05, 0) is 83.6 Å². The van der Waals surface area contributed by atoms with Crippen LogP contribution >= 0.6 is 11.3 Å². The van der Waals surface area contributed by atoms with Crippen LogP contribution in [0.4, 0.5) is 15.8 Å². The molecule has 0 saturated carbocycles. The molecule has 6 heteroatoms. The summed E-state index contributed by atoms with van der Waals surface area (Å²) in [5, 5.41) is 21.6. The number of benzene rings is 3. The normalized spacial score (nSPS) is 10.7. The number of nitrogens with zero attached hydrogens (tertiary/aromatic N) is 1. The van der Waals surface area contributed by atoms with Gasteiger partial charge >= 0.3 is 0 Å². The van der Waals surface area contributed by atoms with E-state index < -0.39 is 0 Å². The number of rotatable bonds is 5. The summed E-state index contributed by atoms with van der Waals surface area (Å²) >= 11 is 1.33. The summed E-state index contributed by atoms with van der Waals surface area (Å²) in [6.07, 6.45) is 0.399. The lowest BCUT2D eigenvalue weighted by Gasteiger charge is -2.25. The molecule has 0 aliphatic carbocycles. The van der Waals surface area contributed by atoms with Gasteiger partial charge in [0, 0.05) is 5.69 Å². The number of thiophene rings is 1. The highest BCUT2D eigenvalue weighted by molar-refractivity contribution is 7.12. The fourth-order valence-corrected chi connectivity index (χ4v) is 3.88. The van der Waals surface area contributed by atoms with Crippen LogP contribution in [0.25, 0.3) is 0 Å². The molecule has 0 bridgehead atoms. The molecule has 3 aromatic carbocycles. The summed E-state index contributed by atoms with van der Waals surface area (Å²) in [4.78, 5) is 15.5. The van der Waals surface area contributed by atoms with Gasteiger partial charge in [0.25, 0.3) is 5.91 Å². The Labute approximate surface area is 177 Å². The first-order valence-corrected chi connectivity index (χ1v) is 10.1. The van der Waals surface area contributed by atoms with E-state index in [-0.39, 0.29) is 23.2 Å². The zero-order chi connectivity index (χ0) is 21.1. The Morgan fingerprint density at radius 1 is 0.900 bits per heavy atom. The highest BCUT2D eigenvalue weighted by Crippen LogP contribution is 2.35. The van der Waals surface area contributed by atoms with Crippen molar-refractivity contribution in [3.63, 3.8) is 0 Å². The van der Waals surface area contributed by atoms with E-state index in [9.17, 15) is 19.4 Å². The number of phenolic OH excluding ortho intramolecular Hbond substituents is 2. The summed E-state index contributed by atoms with van der Waals surface area (Å²) in [7, 11) is 0. The minimum atomic E-state index is -0.325. The van der Waals surface area contributed by atoms with Crippen molar-refractivity contribution < 1.29 is 19.4 Å². The smallest absolute Gasteiger partial charge is 0.272 e. The Bertz CT molecular complexity index is 1160. The lowest BCUT2D eigenvalue weighted by molar-refractivity contribution is 0.100. The SMILES string of the molecule is O=C(c1cccs1)N(c1ccc(O)cc1)c1ccc(O)cc1Cc1ccc(F)cc1. The number of carbonyl (C=O) groups is 1. The van der Waals surface area contributed by atoms with Gasteiger partial charge in [0.2, 0.25) is 0 Å². The topological polar surface area (TPSA) is 60.8 Å². The van der Waals surface area contributed by atoms with Crippen molar-refractivity contribution in [3.05, 3.63) is 106 Å². The monoisotopic (exact) mass is 419 g/mol. The zero-order valence-corrected chi connectivity index (χ0v) is 16.6. The number of amides is 1. The fraction of sp³-hybridized carbons (Fsp3) is 0.0417. The molecular formula is C24H18FNO3S. The number of anilines is 2. The maximum absolute atomic E-state index is 13.4. The van der Waals surface area contributed by atoms with Crippen molar-refractivity contribution in [2.75, 3.05) is 4.90 Å². The summed E-state index contributed by atoms with van der Waals surface area (Å²) in [6, 6.07) is 20.9. The molecule has 0 radical (unpaired) electrons. The molecule has 0 atom stereocenters. The van der Waals surface area contributed by atoms with Crippen molar-refractivity contribution in [2.24, 2.45) is 0 Å². The van der Waals surface area contributed by atoms with Crippen molar-refractivity contribution in [1.82, 2.24) is 0 Å². The number of phenols is 2. The Balaban J connectivity index is 1.82. The number of aromatic hydroxyl groups is 2. The van der Waals surface area contributed by atoms with E-state index in [1.54, 1.807) is 47.4 Å². The largest absolute Gasteiger partial charge is 0.508 e. The second-order valence-corrected chi connectivity index (χ2v) is 7.70. The van der Waals surface area contributed by atoms with Crippen LogP contribution in [0, 0.1) is 5.82 Å². The van der Waals surface area contributed by atoms with Crippen LogP contribution < -0.4 is 4.90 Å². The molecule has 0 aliphatic rings. The Morgan fingerprint density at radius 2 is 1.60 bits per heavy atom. The molecule has 0 aliphatic heterocycles. The lowest BCUT2D eigenvalue weighted by atomic mass is 10.0. The Kier molecular flexibility index (Phi) is 5.50. The number of hydrogen-bond acceptors (Lipinski definition) is 4. The summed E-state index contributed by atoms with van der Waals surface area (Å²) < 4.78 is 13.3. The van der Waals surface area contributed by atoms with Gasteiger partial charge < -0.3 is 10.2 Å². The molecule has 0 spiro atoms.